The molecule has 0 spiro atoms. The molecule has 0 saturated carbocycles. The molecule has 7 nitrogen and oxygen atoms in total. The summed E-state index contributed by atoms with van der Waals surface area (Å²) in [4.78, 5) is 28.5. The molecule has 0 radical (unpaired) electrons. The fraction of sp³-hybridized carbons (Fsp3) is 0.353. The number of aromatic hydroxyl groups is 1. The molecule has 0 aliphatic rings. The minimum atomic E-state index is -0.631. The number of aromatic nitrogens is 1. The number of thiazole rings is 1. The monoisotopic (exact) mass is 363 g/mol. The van der Waals surface area contributed by atoms with Gasteiger partial charge >= 0.3 is 6.09 Å². The number of benzene rings is 1. The van der Waals surface area contributed by atoms with Crippen LogP contribution in [0.3, 0.4) is 0 Å². The normalized spacial score (nSPS) is 11.1. The Labute approximate surface area is 150 Å². The molecule has 3 N–H and O–H groups in total. The van der Waals surface area contributed by atoms with Gasteiger partial charge in [-0.15, -0.1) is 0 Å². The average Bonchev–Trinajstić information content (AvgIpc) is 2.94. The lowest BCUT2D eigenvalue weighted by molar-refractivity contribution is 0.0635. The largest absolute Gasteiger partial charge is 0.508 e. The Balaban J connectivity index is 2.09. The first kappa shape index (κ1) is 18.7. The van der Waals surface area contributed by atoms with E-state index in [0.717, 1.165) is 16.9 Å². The molecule has 0 bridgehead atoms. The Morgan fingerprint density at radius 2 is 1.88 bits per heavy atom. The molecule has 2 aromatic rings. The van der Waals surface area contributed by atoms with Crippen LogP contribution in [-0.4, -0.2) is 27.7 Å². The average molecular weight is 363 g/mol. The van der Waals surface area contributed by atoms with E-state index in [-0.39, 0.29) is 16.8 Å². The van der Waals surface area contributed by atoms with Gasteiger partial charge in [-0.3, -0.25) is 10.1 Å². The minimum absolute atomic E-state index is 0.109. The van der Waals surface area contributed by atoms with E-state index in [1.807, 2.05) is 6.92 Å². The molecule has 1 aromatic carbocycles. The smallest absolute Gasteiger partial charge is 0.413 e. The number of carbonyl (C=O) groups excluding carboxylic acids is 2. The van der Waals surface area contributed by atoms with Crippen LogP contribution < -0.4 is 10.6 Å². The van der Waals surface area contributed by atoms with Crippen LogP contribution in [0.4, 0.5) is 15.6 Å². The number of amides is 2. The third-order valence-corrected chi connectivity index (χ3v) is 4.13. The van der Waals surface area contributed by atoms with Crippen LogP contribution in [0.1, 0.15) is 41.6 Å². The van der Waals surface area contributed by atoms with Crippen LogP contribution in [0, 0.1) is 13.8 Å². The molecule has 8 heteroatoms. The highest BCUT2D eigenvalue weighted by atomic mass is 32.1. The summed E-state index contributed by atoms with van der Waals surface area (Å²) in [7, 11) is 0. The van der Waals surface area contributed by atoms with E-state index >= 15 is 0 Å². The second kappa shape index (κ2) is 7.10. The van der Waals surface area contributed by atoms with Crippen molar-refractivity contribution in [2.75, 3.05) is 10.6 Å². The number of nitrogens with zero attached hydrogens (tertiary/aromatic N) is 1. The van der Waals surface area contributed by atoms with E-state index in [1.54, 1.807) is 39.8 Å². The third kappa shape index (κ3) is 4.93. The van der Waals surface area contributed by atoms with E-state index < -0.39 is 11.7 Å². The number of aryl methyl sites for hydroxylation is 1. The molecule has 0 aliphatic carbocycles. The lowest BCUT2D eigenvalue weighted by Crippen LogP contribution is -2.27. The summed E-state index contributed by atoms with van der Waals surface area (Å²) in [5.74, 6) is -0.260. The molecule has 0 fully saturated rings. The van der Waals surface area contributed by atoms with Crippen LogP contribution in [0.5, 0.6) is 5.75 Å². The molecule has 25 heavy (non-hydrogen) atoms. The van der Waals surface area contributed by atoms with E-state index in [4.69, 9.17) is 4.74 Å². The maximum absolute atomic E-state index is 12.4. The summed E-state index contributed by atoms with van der Waals surface area (Å²) in [6.07, 6.45) is 0.744. The van der Waals surface area contributed by atoms with Gasteiger partial charge in [0.25, 0.3) is 5.91 Å². The van der Waals surface area contributed by atoms with Gasteiger partial charge in [0, 0.05) is 5.56 Å². The van der Waals surface area contributed by atoms with Gasteiger partial charge in [-0.2, -0.15) is 0 Å². The van der Waals surface area contributed by atoms with Crippen molar-refractivity contribution in [3.05, 3.63) is 34.3 Å². The number of ether oxygens (including phenoxy) is 1. The molecule has 0 unspecified atom stereocenters. The second-order valence-corrected chi connectivity index (χ2v) is 7.54. The van der Waals surface area contributed by atoms with Crippen LogP contribution in [0.25, 0.3) is 0 Å². The molecule has 134 valence electrons. The molecular weight excluding hydrogens is 342 g/mol. The lowest BCUT2D eigenvalue weighted by atomic mass is 10.1. The molecule has 2 rings (SSSR count). The van der Waals surface area contributed by atoms with Gasteiger partial charge in [0.15, 0.2) is 5.13 Å². The Bertz CT molecular complexity index is 809. The summed E-state index contributed by atoms with van der Waals surface area (Å²) in [5, 5.41) is 15.3. The molecule has 0 aliphatic heterocycles. The Kier molecular flexibility index (Phi) is 5.32. The van der Waals surface area contributed by atoms with Crippen molar-refractivity contribution in [3.8, 4) is 5.75 Å². The van der Waals surface area contributed by atoms with E-state index in [2.05, 4.69) is 15.6 Å². The first-order chi connectivity index (χ1) is 11.6. The number of nitrogens with one attached hydrogen (secondary N) is 2. The Hall–Kier alpha value is -2.61. The summed E-state index contributed by atoms with van der Waals surface area (Å²) in [6, 6.07) is 3.30. The number of anilines is 2. The van der Waals surface area contributed by atoms with Crippen LogP contribution >= 0.6 is 11.3 Å². The minimum Gasteiger partial charge on any atom is -0.508 e. The fourth-order valence-corrected chi connectivity index (χ4v) is 2.73. The molecule has 1 heterocycles. The van der Waals surface area contributed by atoms with Crippen LogP contribution in [0.2, 0.25) is 0 Å². The zero-order chi connectivity index (χ0) is 18.8. The molecule has 0 saturated heterocycles. The quantitative estimate of drug-likeness (QED) is 0.763. The van der Waals surface area contributed by atoms with Gasteiger partial charge in [-0.1, -0.05) is 17.4 Å². The Morgan fingerprint density at radius 1 is 1.20 bits per heavy atom. The van der Waals surface area contributed by atoms with Crippen LogP contribution in [-0.2, 0) is 4.74 Å². The standard InChI is InChI=1S/C17H21N3O4S/c1-9-6-7-11(21)10(2)13(9)19-14(22)12-8-18-15(25-12)20-16(23)24-17(3,4)5/h6-8,21H,1-5H3,(H,19,22)(H,18,20,23). The van der Waals surface area contributed by atoms with Crippen molar-refractivity contribution in [3.63, 3.8) is 0 Å². The zero-order valence-electron chi connectivity index (χ0n) is 14.8. The van der Waals surface area contributed by atoms with Crippen molar-refractivity contribution in [2.45, 2.75) is 40.2 Å². The van der Waals surface area contributed by atoms with E-state index in [9.17, 15) is 14.7 Å². The van der Waals surface area contributed by atoms with Crippen LogP contribution in [0.15, 0.2) is 18.3 Å². The highest BCUT2D eigenvalue weighted by molar-refractivity contribution is 7.17. The lowest BCUT2D eigenvalue weighted by Gasteiger charge is -2.18. The Morgan fingerprint density at radius 3 is 2.52 bits per heavy atom. The number of phenols is 1. The fourth-order valence-electron chi connectivity index (χ4n) is 2.03. The van der Waals surface area contributed by atoms with Gasteiger partial charge in [0.05, 0.1) is 11.9 Å². The van der Waals surface area contributed by atoms with Crippen molar-refractivity contribution in [1.82, 2.24) is 4.98 Å². The highest BCUT2D eigenvalue weighted by Gasteiger charge is 2.19. The second-order valence-electron chi connectivity index (χ2n) is 6.51. The van der Waals surface area contributed by atoms with Gasteiger partial charge in [-0.25, -0.2) is 9.78 Å². The highest BCUT2D eigenvalue weighted by Crippen LogP contribution is 2.29. The molecule has 2 amide bonds. The SMILES string of the molecule is Cc1ccc(O)c(C)c1NC(=O)c1cnc(NC(=O)OC(C)(C)C)s1. The number of carbonyl (C=O) groups is 2. The number of rotatable bonds is 3. The molecular formula is C17H21N3O4S. The third-order valence-electron chi connectivity index (χ3n) is 3.22. The summed E-state index contributed by atoms with van der Waals surface area (Å²) >= 11 is 1.03. The summed E-state index contributed by atoms with van der Waals surface area (Å²) in [6.45, 7) is 8.83. The molecule has 0 atom stereocenters. The van der Waals surface area contributed by atoms with Crippen molar-refractivity contribution >= 4 is 34.2 Å². The maximum Gasteiger partial charge on any atom is 0.413 e. The topological polar surface area (TPSA) is 101 Å². The first-order valence-corrected chi connectivity index (χ1v) is 8.45. The van der Waals surface area contributed by atoms with Gasteiger partial charge < -0.3 is 15.2 Å². The van der Waals surface area contributed by atoms with E-state index in [0.29, 0.717) is 16.1 Å². The maximum atomic E-state index is 12.4. The summed E-state index contributed by atoms with van der Waals surface area (Å²) in [5.41, 5.74) is 1.36. The predicted octanol–water partition coefficient (Wildman–Crippen LogP) is 4.06. The zero-order valence-corrected chi connectivity index (χ0v) is 15.6. The first-order valence-electron chi connectivity index (χ1n) is 7.63. The summed E-state index contributed by atoms with van der Waals surface area (Å²) < 4.78 is 5.14. The van der Waals surface area contributed by atoms with Gasteiger partial charge in [0.1, 0.15) is 16.2 Å². The van der Waals surface area contributed by atoms with Gasteiger partial charge in [0.2, 0.25) is 0 Å². The van der Waals surface area contributed by atoms with Crippen molar-refractivity contribution in [2.24, 2.45) is 0 Å². The van der Waals surface area contributed by atoms with Gasteiger partial charge in [-0.05, 0) is 46.2 Å². The van der Waals surface area contributed by atoms with Crippen molar-refractivity contribution in [1.29, 1.82) is 0 Å². The number of phenolic OH excluding ortho intramolecular Hbond substituents is 1. The molecule has 1 aromatic heterocycles. The van der Waals surface area contributed by atoms with E-state index in [1.165, 1.54) is 6.20 Å². The number of hydrogen-bond donors (Lipinski definition) is 3. The van der Waals surface area contributed by atoms with Crippen molar-refractivity contribution < 1.29 is 19.4 Å². The number of hydrogen-bond acceptors (Lipinski definition) is 6. The predicted molar refractivity (Wildman–Crippen MR) is 97.5 cm³/mol.